The van der Waals surface area contributed by atoms with Gasteiger partial charge in [0.15, 0.2) is 11.4 Å². The Morgan fingerprint density at radius 1 is 1.33 bits per heavy atom. The zero-order valence-electron chi connectivity index (χ0n) is 13.6. The van der Waals surface area contributed by atoms with E-state index in [0.717, 1.165) is 5.69 Å². The number of Topliss-reactive ketones (excluding diaryl/α,β-unsaturated/α-hetero) is 1. The molecular formula is C17H17ClN4O2. The highest BCUT2D eigenvalue weighted by atomic mass is 35.5. The second-order valence-electron chi connectivity index (χ2n) is 6.22. The van der Waals surface area contributed by atoms with Gasteiger partial charge in [-0.15, -0.1) is 0 Å². The van der Waals surface area contributed by atoms with Crippen LogP contribution in [0.4, 0.5) is 0 Å². The van der Waals surface area contributed by atoms with Crippen molar-refractivity contribution >= 4 is 23.0 Å². The molecule has 0 aromatic carbocycles. The molecule has 3 aromatic rings. The number of hydrogen-bond acceptors (Lipinski definition) is 5. The van der Waals surface area contributed by atoms with Crippen molar-refractivity contribution in [3.63, 3.8) is 0 Å². The van der Waals surface area contributed by atoms with Crippen molar-refractivity contribution in [2.24, 2.45) is 0 Å². The Bertz CT molecular complexity index is 911. The second-order valence-corrected chi connectivity index (χ2v) is 6.60. The normalized spacial score (nSPS) is 11.9. The van der Waals surface area contributed by atoms with Gasteiger partial charge in [-0.05, 0) is 39.0 Å². The molecule has 0 spiro atoms. The molecule has 3 aromatic heterocycles. The zero-order chi connectivity index (χ0) is 17.5. The number of ketones is 1. The van der Waals surface area contributed by atoms with Gasteiger partial charge in [0.2, 0.25) is 0 Å². The van der Waals surface area contributed by atoms with Crippen LogP contribution in [0.2, 0.25) is 5.15 Å². The van der Waals surface area contributed by atoms with Crippen molar-refractivity contribution in [1.29, 1.82) is 0 Å². The first-order chi connectivity index (χ1) is 11.2. The predicted molar refractivity (Wildman–Crippen MR) is 90.3 cm³/mol. The largest absolute Gasteiger partial charge is 0.384 e. The number of nitrogens with zero attached hydrogens (tertiary/aromatic N) is 4. The fourth-order valence-corrected chi connectivity index (χ4v) is 2.63. The zero-order valence-corrected chi connectivity index (χ0v) is 14.4. The van der Waals surface area contributed by atoms with E-state index in [1.54, 1.807) is 38.1 Å². The molecule has 24 heavy (non-hydrogen) atoms. The summed E-state index contributed by atoms with van der Waals surface area (Å²) in [5.41, 5.74) is 1.92. The highest BCUT2D eigenvalue weighted by molar-refractivity contribution is 6.29. The van der Waals surface area contributed by atoms with E-state index in [-0.39, 0.29) is 12.2 Å². The number of aliphatic hydroxyl groups is 1. The van der Waals surface area contributed by atoms with Crippen LogP contribution in [-0.2, 0) is 12.0 Å². The molecule has 0 unspecified atom stereocenters. The van der Waals surface area contributed by atoms with Gasteiger partial charge in [-0.25, -0.2) is 9.50 Å². The van der Waals surface area contributed by atoms with Crippen LogP contribution in [0.15, 0.2) is 30.5 Å². The number of hydrogen-bond donors (Lipinski definition) is 1. The standard InChI is InChI=1S/C17H17ClN4O2/c1-10-6-16-20-12(8-15(18)22(16)21-10)7-13(23)11-4-5-14(19-9-11)17(2,3)24/h4-6,8-9,24H,7H2,1-3H3. The minimum atomic E-state index is -1.04. The number of halogens is 1. The van der Waals surface area contributed by atoms with E-state index in [2.05, 4.69) is 15.1 Å². The third-order valence-electron chi connectivity index (χ3n) is 3.61. The van der Waals surface area contributed by atoms with Gasteiger partial charge in [0.05, 0.1) is 23.5 Å². The Morgan fingerprint density at radius 2 is 2.08 bits per heavy atom. The van der Waals surface area contributed by atoms with Crippen molar-refractivity contribution in [1.82, 2.24) is 19.6 Å². The highest BCUT2D eigenvalue weighted by Crippen LogP contribution is 2.18. The minimum Gasteiger partial charge on any atom is -0.384 e. The van der Waals surface area contributed by atoms with Crippen molar-refractivity contribution in [2.75, 3.05) is 0 Å². The molecule has 1 N–H and O–H groups in total. The first kappa shape index (κ1) is 16.5. The van der Waals surface area contributed by atoms with E-state index in [1.807, 2.05) is 6.92 Å². The average molecular weight is 345 g/mol. The van der Waals surface area contributed by atoms with Crippen LogP contribution in [0.3, 0.4) is 0 Å². The van der Waals surface area contributed by atoms with Crippen molar-refractivity contribution < 1.29 is 9.90 Å². The SMILES string of the molecule is Cc1cc2nc(CC(=O)c3ccc(C(C)(C)O)nc3)cc(Cl)n2n1. The fourth-order valence-electron chi connectivity index (χ4n) is 2.38. The minimum absolute atomic E-state index is 0.115. The lowest BCUT2D eigenvalue weighted by Crippen LogP contribution is -2.18. The fraction of sp³-hybridized carbons (Fsp3) is 0.294. The number of carbonyl (C=O) groups excluding carboxylic acids is 1. The molecule has 0 aliphatic heterocycles. The molecule has 3 rings (SSSR count). The second kappa shape index (κ2) is 5.96. The van der Waals surface area contributed by atoms with Crippen LogP contribution in [-0.4, -0.2) is 30.5 Å². The smallest absolute Gasteiger partial charge is 0.170 e. The predicted octanol–water partition coefficient (Wildman–Crippen LogP) is 2.74. The molecule has 7 heteroatoms. The maximum atomic E-state index is 12.4. The monoisotopic (exact) mass is 344 g/mol. The summed E-state index contributed by atoms with van der Waals surface area (Å²) in [5, 5.41) is 14.5. The number of aromatic nitrogens is 4. The van der Waals surface area contributed by atoms with Crippen LogP contribution >= 0.6 is 11.6 Å². The van der Waals surface area contributed by atoms with Crippen molar-refractivity contribution in [2.45, 2.75) is 32.8 Å². The number of fused-ring (bicyclic) bond motifs is 1. The number of pyridine rings is 1. The van der Waals surface area contributed by atoms with Gasteiger partial charge in [0.25, 0.3) is 0 Å². The summed E-state index contributed by atoms with van der Waals surface area (Å²) in [4.78, 5) is 21.0. The lowest BCUT2D eigenvalue weighted by molar-refractivity contribution is 0.0737. The van der Waals surface area contributed by atoms with Gasteiger partial charge in [-0.2, -0.15) is 5.10 Å². The first-order valence-corrected chi connectivity index (χ1v) is 7.86. The lowest BCUT2D eigenvalue weighted by Gasteiger charge is -2.16. The van der Waals surface area contributed by atoms with Gasteiger partial charge in [-0.3, -0.25) is 9.78 Å². The van der Waals surface area contributed by atoms with E-state index in [9.17, 15) is 9.90 Å². The summed E-state index contributed by atoms with van der Waals surface area (Å²) in [6, 6.07) is 6.75. The Morgan fingerprint density at radius 3 is 2.71 bits per heavy atom. The van der Waals surface area contributed by atoms with Gasteiger partial charge >= 0.3 is 0 Å². The number of rotatable bonds is 4. The number of aryl methyl sites for hydroxylation is 1. The average Bonchev–Trinajstić information content (AvgIpc) is 2.87. The van der Waals surface area contributed by atoms with Crippen LogP contribution in [0, 0.1) is 6.92 Å². The molecule has 0 atom stereocenters. The Hall–Kier alpha value is -2.31. The van der Waals surface area contributed by atoms with Crippen molar-refractivity contribution in [3.05, 3.63) is 58.3 Å². The third kappa shape index (κ3) is 3.29. The highest BCUT2D eigenvalue weighted by Gasteiger charge is 2.18. The van der Waals surface area contributed by atoms with Crippen LogP contribution in [0.25, 0.3) is 5.65 Å². The molecule has 0 amide bonds. The van der Waals surface area contributed by atoms with Crippen molar-refractivity contribution in [3.8, 4) is 0 Å². The summed E-state index contributed by atoms with van der Waals surface area (Å²) >= 11 is 6.18. The maximum absolute atomic E-state index is 12.4. The molecule has 0 aliphatic rings. The van der Waals surface area contributed by atoms with Crippen LogP contribution in [0.5, 0.6) is 0 Å². The van der Waals surface area contributed by atoms with Gasteiger partial charge in [0.1, 0.15) is 10.8 Å². The Labute approximate surface area is 144 Å². The maximum Gasteiger partial charge on any atom is 0.170 e. The quantitative estimate of drug-likeness (QED) is 0.581. The van der Waals surface area contributed by atoms with Gasteiger partial charge < -0.3 is 5.11 Å². The topological polar surface area (TPSA) is 80.4 Å². The summed E-state index contributed by atoms with van der Waals surface area (Å²) in [7, 11) is 0. The van der Waals surface area contributed by atoms with Crippen LogP contribution in [0.1, 0.15) is 41.3 Å². The molecule has 0 fully saturated rings. The first-order valence-electron chi connectivity index (χ1n) is 7.48. The molecule has 0 saturated heterocycles. The molecule has 0 aliphatic carbocycles. The van der Waals surface area contributed by atoms with E-state index < -0.39 is 5.60 Å². The van der Waals surface area contributed by atoms with Crippen LogP contribution < -0.4 is 0 Å². The molecule has 3 heterocycles. The summed E-state index contributed by atoms with van der Waals surface area (Å²) < 4.78 is 1.53. The summed E-state index contributed by atoms with van der Waals surface area (Å²) in [6.07, 6.45) is 1.59. The molecule has 0 radical (unpaired) electrons. The van der Waals surface area contributed by atoms with E-state index in [4.69, 9.17) is 11.6 Å². The third-order valence-corrected chi connectivity index (χ3v) is 3.88. The van der Waals surface area contributed by atoms with Gasteiger partial charge in [0, 0.05) is 17.8 Å². The van der Waals surface area contributed by atoms with Gasteiger partial charge in [-0.1, -0.05) is 11.6 Å². The van der Waals surface area contributed by atoms with E-state index >= 15 is 0 Å². The van der Waals surface area contributed by atoms with E-state index in [0.29, 0.717) is 27.8 Å². The Kier molecular flexibility index (Phi) is 4.11. The number of carbonyl (C=O) groups is 1. The van der Waals surface area contributed by atoms with E-state index in [1.165, 1.54) is 10.7 Å². The summed E-state index contributed by atoms with van der Waals surface area (Å²) in [6.45, 7) is 5.14. The summed E-state index contributed by atoms with van der Waals surface area (Å²) in [5.74, 6) is -0.117. The molecule has 0 saturated carbocycles. The molecule has 6 nitrogen and oxygen atoms in total. The molecular weight excluding hydrogens is 328 g/mol. The molecule has 124 valence electrons. The molecule has 0 bridgehead atoms. The Balaban J connectivity index is 1.84. The lowest BCUT2D eigenvalue weighted by atomic mass is 10.0.